The Hall–Kier alpha value is -0.490. The molecule has 0 saturated carbocycles. The minimum atomic E-state index is -0.0112. The van der Waals surface area contributed by atoms with E-state index < -0.39 is 0 Å². The zero-order valence-electron chi connectivity index (χ0n) is 11.1. The van der Waals surface area contributed by atoms with Crippen molar-refractivity contribution in [2.24, 2.45) is 0 Å². The monoisotopic (exact) mass is 421 g/mol. The van der Waals surface area contributed by atoms with E-state index in [0.29, 0.717) is 15.8 Å². The van der Waals surface area contributed by atoms with Crippen LogP contribution in [0.25, 0.3) is 0 Å². The third kappa shape index (κ3) is 3.39. The molecule has 2 aromatic rings. The molecule has 2 rings (SSSR count). The average Bonchev–Trinajstić information content (AvgIpc) is 2.45. The molecule has 0 heterocycles. The molecule has 0 aliphatic rings. The number of hydrogen-bond donors (Lipinski definition) is 1. The van der Waals surface area contributed by atoms with Gasteiger partial charge in [-0.15, -0.1) is 0 Å². The molecule has 0 aliphatic carbocycles. The zero-order chi connectivity index (χ0) is 14.7. The summed E-state index contributed by atoms with van der Waals surface area (Å²) in [6.07, 6.45) is 0. The fourth-order valence-electron chi connectivity index (χ4n) is 2.08. The van der Waals surface area contributed by atoms with E-state index in [1.807, 2.05) is 13.1 Å². The van der Waals surface area contributed by atoms with Crippen LogP contribution in [-0.2, 0) is 0 Å². The normalized spacial score (nSPS) is 12.2. The first kappa shape index (κ1) is 15.9. The summed E-state index contributed by atoms with van der Waals surface area (Å²) in [7, 11) is 3.48. The van der Waals surface area contributed by atoms with Gasteiger partial charge >= 0.3 is 0 Å². The van der Waals surface area contributed by atoms with Gasteiger partial charge in [-0.05, 0) is 59.0 Å². The van der Waals surface area contributed by atoms with E-state index in [1.54, 1.807) is 13.2 Å². The van der Waals surface area contributed by atoms with Crippen LogP contribution in [-0.4, -0.2) is 14.2 Å². The van der Waals surface area contributed by atoms with Crippen LogP contribution in [0.4, 0.5) is 0 Å². The summed E-state index contributed by atoms with van der Waals surface area (Å²) in [6, 6.07) is 11.9. The second-order valence-electron chi connectivity index (χ2n) is 4.28. The lowest BCUT2D eigenvalue weighted by atomic mass is 9.98. The Morgan fingerprint density at radius 3 is 2.30 bits per heavy atom. The van der Waals surface area contributed by atoms with E-state index in [0.717, 1.165) is 11.1 Å². The van der Waals surface area contributed by atoms with Gasteiger partial charge in [-0.3, -0.25) is 0 Å². The van der Waals surface area contributed by atoms with Gasteiger partial charge in [-0.2, -0.15) is 0 Å². The third-order valence-electron chi connectivity index (χ3n) is 3.07. The van der Waals surface area contributed by atoms with Gasteiger partial charge in [0.05, 0.1) is 18.2 Å². The van der Waals surface area contributed by atoms with Crippen molar-refractivity contribution in [1.82, 2.24) is 5.32 Å². The number of nitrogens with one attached hydrogen (secondary N) is 1. The number of halogens is 3. The smallest absolute Gasteiger partial charge is 0.138 e. The third-order valence-corrected chi connectivity index (χ3v) is 4.42. The molecule has 0 spiro atoms. The van der Waals surface area contributed by atoms with Crippen LogP contribution in [0.3, 0.4) is 0 Å². The topological polar surface area (TPSA) is 21.3 Å². The first-order chi connectivity index (χ1) is 9.56. The van der Waals surface area contributed by atoms with Crippen molar-refractivity contribution in [3.05, 3.63) is 61.1 Å². The second kappa shape index (κ2) is 6.98. The summed E-state index contributed by atoms with van der Waals surface area (Å²) in [5.74, 6) is 0.581. The van der Waals surface area contributed by atoms with E-state index in [4.69, 9.17) is 27.9 Å². The van der Waals surface area contributed by atoms with E-state index >= 15 is 0 Å². The molecule has 5 heteroatoms. The molecule has 0 bridgehead atoms. The van der Waals surface area contributed by atoms with Gasteiger partial charge < -0.3 is 10.1 Å². The Balaban J connectivity index is 2.46. The molecular formula is C15H14Cl2INO. The fraction of sp³-hybridized carbons (Fsp3) is 0.200. The lowest BCUT2D eigenvalue weighted by molar-refractivity contribution is 0.415. The van der Waals surface area contributed by atoms with Crippen molar-refractivity contribution in [2.75, 3.05) is 14.2 Å². The first-order valence-corrected chi connectivity index (χ1v) is 7.86. The van der Waals surface area contributed by atoms with Crippen LogP contribution in [0.15, 0.2) is 36.4 Å². The van der Waals surface area contributed by atoms with Crippen LogP contribution in [0.2, 0.25) is 10.0 Å². The minimum absolute atomic E-state index is 0.0112. The Labute approximate surface area is 142 Å². The van der Waals surface area contributed by atoms with Crippen molar-refractivity contribution in [3.8, 4) is 5.75 Å². The maximum absolute atomic E-state index is 6.35. The fourth-order valence-corrected chi connectivity index (χ4v) is 2.95. The van der Waals surface area contributed by atoms with E-state index in [2.05, 4.69) is 52.2 Å². The number of rotatable bonds is 4. The maximum atomic E-state index is 6.35. The minimum Gasteiger partial charge on any atom is -0.495 e. The standard InChI is InChI=1S/C15H14Cl2INO/c1-19-15(9-3-5-10(18)6-4-9)11-7-13(17)14(20-2)8-12(11)16/h3-8,15,19H,1-2H3. The number of hydrogen-bond acceptors (Lipinski definition) is 2. The van der Waals surface area contributed by atoms with Crippen molar-refractivity contribution in [1.29, 1.82) is 0 Å². The van der Waals surface area contributed by atoms with Gasteiger partial charge in [0.25, 0.3) is 0 Å². The molecule has 2 aromatic carbocycles. The zero-order valence-corrected chi connectivity index (χ0v) is 14.8. The molecule has 0 aliphatic heterocycles. The number of methoxy groups -OCH3 is 1. The molecule has 106 valence electrons. The molecule has 20 heavy (non-hydrogen) atoms. The molecule has 0 amide bonds. The van der Waals surface area contributed by atoms with Crippen molar-refractivity contribution < 1.29 is 4.74 Å². The summed E-state index contributed by atoms with van der Waals surface area (Å²) in [5.41, 5.74) is 2.07. The highest BCUT2D eigenvalue weighted by molar-refractivity contribution is 14.1. The van der Waals surface area contributed by atoms with Gasteiger partial charge in [0.2, 0.25) is 0 Å². The molecule has 0 radical (unpaired) electrons. The summed E-state index contributed by atoms with van der Waals surface area (Å²) in [4.78, 5) is 0. The lowest BCUT2D eigenvalue weighted by Crippen LogP contribution is -2.18. The largest absolute Gasteiger partial charge is 0.495 e. The van der Waals surface area contributed by atoms with Crippen LogP contribution in [0.5, 0.6) is 5.75 Å². The van der Waals surface area contributed by atoms with Crippen molar-refractivity contribution >= 4 is 45.8 Å². The van der Waals surface area contributed by atoms with Gasteiger partial charge in [-0.1, -0.05) is 35.3 Å². The van der Waals surface area contributed by atoms with E-state index in [-0.39, 0.29) is 6.04 Å². The second-order valence-corrected chi connectivity index (χ2v) is 6.34. The average molecular weight is 422 g/mol. The molecule has 1 atom stereocenters. The first-order valence-electron chi connectivity index (χ1n) is 6.02. The van der Waals surface area contributed by atoms with Crippen LogP contribution >= 0.6 is 45.8 Å². The SMILES string of the molecule is CNC(c1ccc(I)cc1)c1cc(Cl)c(OC)cc1Cl. The highest BCUT2D eigenvalue weighted by Crippen LogP contribution is 2.36. The number of ether oxygens (including phenoxy) is 1. The number of benzene rings is 2. The molecule has 0 aromatic heterocycles. The lowest BCUT2D eigenvalue weighted by Gasteiger charge is -2.20. The van der Waals surface area contributed by atoms with E-state index in [9.17, 15) is 0 Å². The molecule has 1 N–H and O–H groups in total. The molecule has 0 fully saturated rings. The Bertz CT molecular complexity index is 602. The summed E-state index contributed by atoms with van der Waals surface area (Å²) < 4.78 is 6.37. The molecule has 1 unspecified atom stereocenters. The summed E-state index contributed by atoms with van der Waals surface area (Å²) in [6.45, 7) is 0. The van der Waals surface area contributed by atoms with Gasteiger partial charge in [0.15, 0.2) is 0 Å². The van der Waals surface area contributed by atoms with Crippen LogP contribution in [0.1, 0.15) is 17.2 Å². The Kier molecular flexibility index (Phi) is 5.55. The van der Waals surface area contributed by atoms with Crippen molar-refractivity contribution in [3.63, 3.8) is 0 Å². The molecular weight excluding hydrogens is 408 g/mol. The van der Waals surface area contributed by atoms with Gasteiger partial charge in [-0.25, -0.2) is 0 Å². The maximum Gasteiger partial charge on any atom is 0.138 e. The predicted molar refractivity (Wildman–Crippen MR) is 93.1 cm³/mol. The quantitative estimate of drug-likeness (QED) is 0.707. The van der Waals surface area contributed by atoms with E-state index in [1.165, 1.54) is 3.57 Å². The molecule has 0 saturated heterocycles. The highest BCUT2D eigenvalue weighted by atomic mass is 127. The molecule has 2 nitrogen and oxygen atoms in total. The van der Waals surface area contributed by atoms with Gasteiger partial charge in [0, 0.05) is 14.7 Å². The Morgan fingerprint density at radius 2 is 1.75 bits per heavy atom. The van der Waals surface area contributed by atoms with Crippen LogP contribution < -0.4 is 10.1 Å². The van der Waals surface area contributed by atoms with Crippen LogP contribution in [0, 0.1) is 3.57 Å². The highest BCUT2D eigenvalue weighted by Gasteiger charge is 2.17. The predicted octanol–water partition coefficient (Wildman–Crippen LogP) is 4.92. The van der Waals surface area contributed by atoms with Crippen molar-refractivity contribution in [2.45, 2.75) is 6.04 Å². The summed E-state index contributed by atoms with van der Waals surface area (Å²) in [5, 5.41) is 4.46. The Morgan fingerprint density at radius 1 is 1.10 bits per heavy atom. The summed E-state index contributed by atoms with van der Waals surface area (Å²) >= 11 is 14.8. The van der Waals surface area contributed by atoms with Gasteiger partial charge in [0.1, 0.15) is 5.75 Å².